The molecule has 1 N–H and O–H groups in total. The van der Waals surface area contributed by atoms with Gasteiger partial charge < -0.3 is 5.32 Å². The molecule has 0 saturated heterocycles. The molecule has 0 bridgehead atoms. The standard InChI is InChI=1S/C12H13BrN2S/c1-8-5-9(3-4-11(8)13)12-15-7-10(16-12)6-14-2/h3-5,7,14H,6H2,1-2H3. The van der Waals surface area contributed by atoms with Crippen LogP contribution in [0.4, 0.5) is 0 Å². The van der Waals surface area contributed by atoms with Gasteiger partial charge in [0.25, 0.3) is 0 Å². The number of aryl methyl sites for hydroxylation is 1. The average Bonchev–Trinajstić information content (AvgIpc) is 2.71. The van der Waals surface area contributed by atoms with Gasteiger partial charge in [-0.2, -0.15) is 0 Å². The van der Waals surface area contributed by atoms with Gasteiger partial charge >= 0.3 is 0 Å². The van der Waals surface area contributed by atoms with Gasteiger partial charge in [-0.3, -0.25) is 0 Å². The van der Waals surface area contributed by atoms with Crippen LogP contribution in [0.15, 0.2) is 28.9 Å². The molecule has 0 unspecified atom stereocenters. The van der Waals surface area contributed by atoms with E-state index in [0.717, 1.165) is 16.0 Å². The van der Waals surface area contributed by atoms with Gasteiger partial charge in [0.05, 0.1) is 0 Å². The zero-order chi connectivity index (χ0) is 11.5. The Balaban J connectivity index is 2.31. The summed E-state index contributed by atoms with van der Waals surface area (Å²) in [5, 5.41) is 4.22. The molecule has 84 valence electrons. The van der Waals surface area contributed by atoms with Crippen molar-refractivity contribution in [1.29, 1.82) is 0 Å². The lowest BCUT2D eigenvalue weighted by Gasteiger charge is -2.00. The Morgan fingerprint density at radius 2 is 2.25 bits per heavy atom. The van der Waals surface area contributed by atoms with Crippen molar-refractivity contribution in [1.82, 2.24) is 10.3 Å². The first-order chi connectivity index (χ1) is 7.70. The van der Waals surface area contributed by atoms with Crippen molar-refractivity contribution in [2.75, 3.05) is 7.05 Å². The third-order valence-corrected chi connectivity index (χ3v) is 4.25. The van der Waals surface area contributed by atoms with Gasteiger partial charge in [-0.15, -0.1) is 11.3 Å². The molecular weight excluding hydrogens is 284 g/mol. The highest BCUT2D eigenvalue weighted by Gasteiger charge is 2.05. The molecule has 0 spiro atoms. The van der Waals surface area contributed by atoms with Gasteiger partial charge in [0.1, 0.15) is 5.01 Å². The molecule has 0 saturated carbocycles. The minimum Gasteiger partial charge on any atom is -0.315 e. The predicted molar refractivity (Wildman–Crippen MR) is 72.8 cm³/mol. The van der Waals surface area contributed by atoms with Gasteiger partial charge in [-0.25, -0.2) is 4.98 Å². The quantitative estimate of drug-likeness (QED) is 0.936. The minimum atomic E-state index is 0.882. The summed E-state index contributed by atoms with van der Waals surface area (Å²) in [6, 6.07) is 6.33. The van der Waals surface area contributed by atoms with Crippen LogP contribution in [0.3, 0.4) is 0 Å². The smallest absolute Gasteiger partial charge is 0.123 e. The second-order valence-electron chi connectivity index (χ2n) is 3.63. The highest BCUT2D eigenvalue weighted by atomic mass is 79.9. The minimum absolute atomic E-state index is 0.882. The molecule has 0 amide bonds. The molecular formula is C12H13BrN2S. The van der Waals surface area contributed by atoms with Crippen LogP contribution >= 0.6 is 27.3 Å². The summed E-state index contributed by atoms with van der Waals surface area (Å²) < 4.78 is 1.14. The van der Waals surface area contributed by atoms with Crippen molar-refractivity contribution in [3.63, 3.8) is 0 Å². The fourth-order valence-corrected chi connectivity index (χ4v) is 2.64. The molecule has 2 nitrogen and oxygen atoms in total. The summed E-state index contributed by atoms with van der Waals surface area (Å²) in [4.78, 5) is 5.70. The maximum atomic E-state index is 4.44. The number of aromatic nitrogens is 1. The second-order valence-corrected chi connectivity index (χ2v) is 5.60. The Bertz CT molecular complexity index is 494. The molecule has 0 aliphatic heterocycles. The predicted octanol–water partition coefficient (Wildman–Crippen LogP) is 3.60. The fraction of sp³-hybridized carbons (Fsp3) is 0.250. The largest absolute Gasteiger partial charge is 0.315 e. The van der Waals surface area contributed by atoms with Crippen LogP contribution in [0.1, 0.15) is 10.4 Å². The Hall–Kier alpha value is -0.710. The first-order valence-electron chi connectivity index (χ1n) is 5.06. The molecule has 1 heterocycles. The van der Waals surface area contributed by atoms with E-state index in [-0.39, 0.29) is 0 Å². The maximum absolute atomic E-state index is 4.44. The molecule has 1 aromatic carbocycles. The maximum Gasteiger partial charge on any atom is 0.123 e. The van der Waals surface area contributed by atoms with Crippen molar-refractivity contribution in [2.45, 2.75) is 13.5 Å². The van der Waals surface area contributed by atoms with Gasteiger partial charge in [0.2, 0.25) is 0 Å². The van der Waals surface area contributed by atoms with Gasteiger partial charge in [0.15, 0.2) is 0 Å². The lowest BCUT2D eigenvalue weighted by molar-refractivity contribution is 0.829. The first kappa shape index (κ1) is 11.8. The second kappa shape index (κ2) is 5.08. The Labute approximate surface area is 108 Å². The number of benzene rings is 1. The van der Waals surface area contributed by atoms with Crippen LogP contribution < -0.4 is 5.32 Å². The summed E-state index contributed by atoms with van der Waals surface area (Å²) in [6.45, 7) is 2.98. The number of halogens is 1. The SMILES string of the molecule is CNCc1cnc(-c2ccc(Br)c(C)c2)s1. The molecule has 1 aromatic heterocycles. The normalized spacial score (nSPS) is 10.7. The van der Waals surface area contributed by atoms with E-state index >= 15 is 0 Å². The van der Waals surface area contributed by atoms with Crippen LogP contribution in [0.2, 0.25) is 0 Å². The van der Waals surface area contributed by atoms with Crippen molar-refractivity contribution in [3.05, 3.63) is 39.3 Å². The van der Waals surface area contributed by atoms with Crippen molar-refractivity contribution in [2.24, 2.45) is 0 Å². The van der Waals surface area contributed by atoms with Crippen LogP contribution in [0.5, 0.6) is 0 Å². The number of thiazole rings is 1. The topological polar surface area (TPSA) is 24.9 Å². The van der Waals surface area contributed by atoms with Crippen LogP contribution in [0.25, 0.3) is 10.6 Å². The number of nitrogens with zero attached hydrogens (tertiary/aromatic N) is 1. The highest BCUT2D eigenvalue weighted by molar-refractivity contribution is 9.10. The first-order valence-corrected chi connectivity index (χ1v) is 6.67. The zero-order valence-corrected chi connectivity index (χ0v) is 11.7. The zero-order valence-electron chi connectivity index (χ0n) is 9.25. The molecule has 2 rings (SSSR count). The Morgan fingerprint density at radius 1 is 1.44 bits per heavy atom. The summed E-state index contributed by atoms with van der Waals surface area (Å²) in [5.41, 5.74) is 2.43. The van der Waals surface area contributed by atoms with Gasteiger partial charge in [0, 0.05) is 27.7 Å². The van der Waals surface area contributed by atoms with E-state index in [2.05, 4.69) is 51.4 Å². The number of nitrogens with one attached hydrogen (secondary N) is 1. The van der Waals surface area contributed by atoms with Crippen molar-refractivity contribution >= 4 is 27.3 Å². The number of hydrogen-bond acceptors (Lipinski definition) is 3. The number of hydrogen-bond donors (Lipinski definition) is 1. The lowest BCUT2D eigenvalue weighted by atomic mass is 10.1. The summed E-state index contributed by atoms with van der Waals surface area (Å²) in [5.74, 6) is 0. The van der Waals surface area contributed by atoms with E-state index in [1.807, 2.05) is 13.2 Å². The van der Waals surface area contributed by atoms with Gasteiger partial charge in [-0.1, -0.05) is 22.0 Å². The summed E-state index contributed by atoms with van der Waals surface area (Å²) >= 11 is 5.24. The van der Waals surface area contributed by atoms with E-state index in [4.69, 9.17) is 0 Å². The lowest BCUT2D eigenvalue weighted by Crippen LogP contribution is -2.02. The molecule has 0 atom stereocenters. The molecule has 0 radical (unpaired) electrons. The van der Waals surface area contributed by atoms with E-state index in [1.165, 1.54) is 16.0 Å². The van der Waals surface area contributed by atoms with E-state index in [0.29, 0.717) is 0 Å². The molecule has 0 aliphatic carbocycles. The van der Waals surface area contributed by atoms with E-state index in [9.17, 15) is 0 Å². The molecule has 16 heavy (non-hydrogen) atoms. The monoisotopic (exact) mass is 296 g/mol. The molecule has 0 fully saturated rings. The average molecular weight is 297 g/mol. The fourth-order valence-electron chi connectivity index (χ4n) is 1.47. The third kappa shape index (κ3) is 2.51. The van der Waals surface area contributed by atoms with Crippen LogP contribution in [-0.2, 0) is 6.54 Å². The molecule has 4 heteroatoms. The van der Waals surface area contributed by atoms with E-state index in [1.54, 1.807) is 11.3 Å². The third-order valence-electron chi connectivity index (χ3n) is 2.31. The Kier molecular flexibility index (Phi) is 3.74. The molecule has 0 aliphatic rings. The molecule has 2 aromatic rings. The van der Waals surface area contributed by atoms with Crippen LogP contribution in [-0.4, -0.2) is 12.0 Å². The van der Waals surface area contributed by atoms with Crippen LogP contribution in [0, 0.1) is 6.92 Å². The van der Waals surface area contributed by atoms with E-state index < -0.39 is 0 Å². The summed E-state index contributed by atoms with van der Waals surface area (Å²) in [6.07, 6.45) is 1.94. The Morgan fingerprint density at radius 3 is 2.94 bits per heavy atom. The summed E-state index contributed by atoms with van der Waals surface area (Å²) in [7, 11) is 1.95. The van der Waals surface area contributed by atoms with Crippen molar-refractivity contribution in [3.8, 4) is 10.6 Å². The van der Waals surface area contributed by atoms with Crippen molar-refractivity contribution < 1.29 is 0 Å². The highest BCUT2D eigenvalue weighted by Crippen LogP contribution is 2.28. The number of rotatable bonds is 3. The van der Waals surface area contributed by atoms with Gasteiger partial charge in [-0.05, 0) is 31.7 Å².